The fourth-order valence-corrected chi connectivity index (χ4v) is 15.2. The van der Waals surface area contributed by atoms with Gasteiger partial charge in [-0.2, -0.15) is 0 Å². The Kier molecular flexibility index (Phi) is 11.6. The monoisotopic (exact) mass is 1230 g/mol. The predicted molar refractivity (Wildman–Crippen MR) is 382 cm³/mol. The molecule has 9 heterocycles. The molecule has 0 unspecified atom stereocenters. The first-order valence-electron chi connectivity index (χ1n) is 31.6. The van der Waals surface area contributed by atoms with Gasteiger partial charge in [-0.1, -0.05) is 133 Å². The highest BCUT2D eigenvalue weighted by atomic mass is 19.1. The third-order valence-corrected chi connectivity index (χ3v) is 19.3. The summed E-state index contributed by atoms with van der Waals surface area (Å²) >= 11 is 0. The van der Waals surface area contributed by atoms with E-state index in [1.807, 2.05) is 49.6 Å². The molecule has 20 rings (SSSR count). The highest BCUT2D eigenvalue weighted by Crippen LogP contribution is 2.52. The molecule has 0 amide bonds. The van der Waals surface area contributed by atoms with Gasteiger partial charge >= 0.3 is 0 Å². The van der Waals surface area contributed by atoms with Gasteiger partial charge in [-0.15, -0.1) is 0 Å². The second kappa shape index (κ2) is 20.8. The minimum atomic E-state index is -0.459. The SMILES string of the molecule is Fc1c(-n2c3ccccc3c3ccccc32)c(-n2c3ccc(-c4cncnc4)cc3c3cc(-c4cncnc4)ccc32)c(-n2c3ccccc3c3ccccc32)c(-n2c3ccc(-c4cncnc4)cc3c3cc(-c4cncnc4)ccc32)c1-n1c2ccccc2c2ccccc21. The standard InChI is InChI=1S/C82H48FN13/c83-77-78(92-67-19-7-1-13-57(67)58-14-2-8-20-68(58)92)80(95-73-29-25-49(53-37-84-45-85-38-53)33-63(73)64-34-50(26-30-74(64)95)54-39-86-46-87-40-54)82(94-71-23-11-5-17-61(71)62-18-6-12-24-72(62)94)81(79(77)93-69-21-9-3-15-59(69)60-16-4-10-22-70(60)93)96-75-31-27-51(55-41-88-47-89-42-55)35-65(75)66-36-52(28-32-76(66)96)56-43-90-48-91-44-56/h1-48H. The van der Waals surface area contributed by atoms with Gasteiger partial charge in [-0.25, -0.2) is 44.3 Å². The van der Waals surface area contributed by atoms with Gasteiger partial charge in [0.1, 0.15) is 48.1 Å². The quantitative estimate of drug-likeness (QED) is 0.140. The van der Waals surface area contributed by atoms with E-state index < -0.39 is 5.82 Å². The molecule has 0 spiro atoms. The summed E-state index contributed by atoms with van der Waals surface area (Å²) < 4.78 is 33.5. The van der Waals surface area contributed by atoms with Crippen molar-refractivity contribution in [3.63, 3.8) is 0 Å². The second-order valence-electron chi connectivity index (χ2n) is 24.3. The number of benzene rings is 11. The third kappa shape index (κ3) is 7.77. The van der Waals surface area contributed by atoms with Gasteiger partial charge in [-0.05, 0) is 107 Å². The molecule has 0 saturated carbocycles. The summed E-state index contributed by atoms with van der Waals surface area (Å²) in [7, 11) is 0. The summed E-state index contributed by atoms with van der Waals surface area (Å²) in [5, 5.41) is 9.67. The van der Waals surface area contributed by atoms with Crippen molar-refractivity contribution in [2.75, 3.05) is 0 Å². The lowest BCUT2D eigenvalue weighted by Crippen LogP contribution is -2.19. The first-order valence-corrected chi connectivity index (χ1v) is 31.6. The van der Waals surface area contributed by atoms with Crippen LogP contribution in [-0.4, -0.2) is 62.7 Å². The van der Waals surface area contributed by atoms with Crippen molar-refractivity contribution in [3.05, 3.63) is 299 Å². The van der Waals surface area contributed by atoms with Crippen LogP contribution >= 0.6 is 0 Å². The van der Waals surface area contributed by atoms with E-state index in [-0.39, 0.29) is 0 Å². The number of hydrogen-bond acceptors (Lipinski definition) is 8. The highest BCUT2D eigenvalue weighted by Gasteiger charge is 2.37. The molecule has 0 radical (unpaired) electrons. The lowest BCUT2D eigenvalue weighted by Gasteiger charge is -2.29. The van der Waals surface area contributed by atoms with E-state index in [1.54, 1.807) is 25.3 Å². The average Bonchev–Trinajstić information content (AvgIpc) is 1.46. The van der Waals surface area contributed by atoms with Crippen LogP contribution in [0.4, 0.5) is 4.39 Å². The van der Waals surface area contributed by atoms with Gasteiger partial charge in [-0.3, -0.25) is 0 Å². The summed E-state index contributed by atoms with van der Waals surface area (Å²) in [5.41, 5.74) is 18.1. The Morgan fingerprint density at radius 1 is 0.188 bits per heavy atom. The van der Waals surface area contributed by atoms with Crippen LogP contribution in [0.3, 0.4) is 0 Å². The zero-order valence-electron chi connectivity index (χ0n) is 50.9. The van der Waals surface area contributed by atoms with Crippen molar-refractivity contribution in [2.24, 2.45) is 0 Å². The maximum atomic E-state index is 22.1. The summed E-state index contributed by atoms with van der Waals surface area (Å²) in [6.45, 7) is 0. The van der Waals surface area contributed by atoms with Gasteiger partial charge in [0.05, 0.1) is 60.9 Å². The molecule has 0 saturated heterocycles. The molecule has 11 aromatic carbocycles. The van der Waals surface area contributed by atoms with Gasteiger partial charge in [0.2, 0.25) is 0 Å². The number of para-hydroxylation sites is 6. The summed E-state index contributed by atoms with van der Waals surface area (Å²) in [6, 6.07) is 76.9. The zero-order valence-corrected chi connectivity index (χ0v) is 50.9. The van der Waals surface area contributed by atoms with E-state index in [2.05, 4.69) is 281 Å². The van der Waals surface area contributed by atoms with Crippen LogP contribution in [0.25, 0.3) is 182 Å². The molecule has 0 bridgehead atoms. The van der Waals surface area contributed by atoms with Crippen LogP contribution in [0.15, 0.2) is 293 Å². The zero-order chi connectivity index (χ0) is 63.1. The minimum Gasteiger partial charge on any atom is -0.305 e. The highest BCUT2D eigenvalue weighted by molar-refractivity contribution is 6.18. The molecule has 9 aromatic heterocycles. The van der Waals surface area contributed by atoms with Gasteiger partial charge in [0.15, 0.2) is 5.82 Å². The fourth-order valence-electron chi connectivity index (χ4n) is 15.2. The van der Waals surface area contributed by atoms with Crippen LogP contribution in [0, 0.1) is 5.82 Å². The Morgan fingerprint density at radius 3 is 0.604 bits per heavy atom. The summed E-state index contributed by atoms with van der Waals surface area (Å²) in [4.78, 5) is 35.9. The Labute approximate surface area is 545 Å². The van der Waals surface area contributed by atoms with Crippen LogP contribution in [0.1, 0.15) is 0 Å². The summed E-state index contributed by atoms with van der Waals surface area (Å²) in [6.07, 6.45) is 20.9. The molecule has 0 fully saturated rings. The maximum Gasteiger partial charge on any atom is 0.175 e. The van der Waals surface area contributed by atoms with E-state index in [0.717, 1.165) is 154 Å². The van der Waals surface area contributed by atoms with Crippen LogP contribution in [0.5, 0.6) is 0 Å². The minimum absolute atomic E-state index is 0.336. The number of halogens is 1. The number of rotatable bonds is 9. The van der Waals surface area contributed by atoms with E-state index in [0.29, 0.717) is 28.4 Å². The van der Waals surface area contributed by atoms with E-state index in [9.17, 15) is 0 Å². The predicted octanol–water partition coefficient (Wildman–Crippen LogP) is 19.1. The van der Waals surface area contributed by atoms with Gasteiger partial charge < -0.3 is 22.8 Å². The van der Waals surface area contributed by atoms with Crippen molar-refractivity contribution in [1.82, 2.24) is 62.7 Å². The fraction of sp³-hybridized carbons (Fsp3) is 0. The van der Waals surface area contributed by atoms with Crippen molar-refractivity contribution < 1.29 is 4.39 Å². The third-order valence-electron chi connectivity index (χ3n) is 19.3. The van der Waals surface area contributed by atoms with Crippen molar-refractivity contribution in [3.8, 4) is 72.9 Å². The smallest absolute Gasteiger partial charge is 0.175 e. The lowest BCUT2D eigenvalue weighted by atomic mass is 10.0. The molecule has 448 valence electrons. The van der Waals surface area contributed by atoms with Crippen LogP contribution < -0.4 is 0 Å². The molecule has 0 aliphatic carbocycles. The molecule has 0 aliphatic rings. The largest absolute Gasteiger partial charge is 0.305 e. The molecule has 0 aliphatic heterocycles. The van der Waals surface area contributed by atoms with E-state index >= 15 is 4.39 Å². The molecular weight excluding hydrogens is 1190 g/mol. The number of nitrogens with zero attached hydrogens (tertiary/aromatic N) is 13. The second-order valence-corrected chi connectivity index (χ2v) is 24.3. The number of fused-ring (bicyclic) bond motifs is 15. The van der Waals surface area contributed by atoms with Crippen molar-refractivity contribution in [2.45, 2.75) is 0 Å². The normalized spacial score (nSPS) is 12.0. The molecule has 20 aromatic rings. The first kappa shape index (κ1) is 53.3. The van der Waals surface area contributed by atoms with Crippen LogP contribution in [0.2, 0.25) is 0 Å². The topological polar surface area (TPSA) is 128 Å². The number of hydrogen-bond donors (Lipinski definition) is 0. The van der Waals surface area contributed by atoms with E-state index in [4.69, 9.17) is 0 Å². The Morgan fingerprint density at radius 2 is 0.375 bits per heavy atom. The molecule has 14 heteroatoms. The molecular formula is C82H48FN13. The summed E-state index contributed by atoms with van der Waals surface area (Å²) in [5.74, 6) is -0.459. The van der Waals surface area contributed by atoms with Crippen LogP contribution in [-0.2, 0) is 0 Å². The Bertz CT molecular complexity index is 5900. The first-order chi connectivity index (χ1) is 47.6. The molecule has 13 nitrogen and oxygen atoms in total. The maximum absolute atomic E-state index is 22.1. The van der Waals surface area contributed by atoms with E-state index in [1.165, 1.54) is 0 Å². The Balaban J connectivity index is 1.09. The van der Waals surface area contributed by atoms with Crippen molar-refractivity contribution in [1.29, 1.82) is 0 Å². The van der Waals surface area contributed by atoms with Crippen molar-refractivity contribution >= 4 is 109 Å². The number of aromatic nitrogens is 13. The molecule has 96 heavy (non-hydrogen) atoms. The van der Waals surface area contributed by atoms with Gasteiger partial charge in [0, 0.05) is 126 Å². The Hall–Kier alpha value is -13.3. The average molecular weight is 1230 g/mol. The molecule has 0 atom stereocenters. The van der Waals surface area contributed by atoms with Gasteiger partial charge in [0.25, 0.3) is 0 Å². The lowest BCUT2D eigenvalue weighted by molar-refractivity contribution is 0.611. The molecule has 0 N–H and O–H groups in total.